The number of nitrogens with zero attached hydrogens (tertiary/aromatic N) is 3. The summed E-state index contributed by atoms with van der Waals surface area (Å²) in [5.74, 6) is 1.71. The van der Waals surface area contributed by atoms with Crippen molar-refractivity contribution in [3.8, 4) is 0 Å². The van der Waals surface area contributed by atoms with E-state index in [-0.39, 0.29) is 11.5 Å². The molecule has 0 aromatic heterocycles. The van der Waals surface area contributed by atoms with Gasteiger partial charge in [-0.3, -0.25) is 4.72 Å². The molecule has 3 aliphatic rings. The van der Waals surface area contributed by atoms with Crippen molar-refractivity contribution in [2.75, 3.05) is 0 Å². The number of aryl methyl sites for hydroxylation is 1. The van der Waals surface area contributed by atoms with Gasteiger partial charge in [0.2, 0.25) is 5.96 Å². The van der Waals surface area contributed by atoms with Crippen LogP contribution in [-0.4, -0.2) is 22.7 Å². The summed E-state index contributed by atoms with van der Waals surface area (Å²) in [5.41, 5.74) is 3.58. The minimum Gasteiger partial charge on any atom is -0.294 e. The van der Waals surface area contributed by atoms with Gasteiger partial charge in [0.05, 0.1) is 17.2 Å². The highest BCUT2D eigenvalue weighted by Crippen LogP contribution is 2.47. The predicted octanol–water partition coefficient (Wildman–Crippen LogP) is 5.14. The summed E-state index contributed by atoms with van der Waals surface area (Å²) in [6, 6.07) is 8.78. The van der Waals surface area contributed by atoms with Crippen LogP contribution in [0.4, 0.5) is 0 Å². The highest BCUT2D eigenvalue weighted by molar-refractivity contribution is 7.98. The fourth-order valence-electron chi connectivity index (χ4n) is 3.92. The number of aliphatic imine (C=N–C) groups is 1. The predicted molar refractivity (Wildman–Crippen MR) is 115 cm³/mol. The van der Waals surface area contributed by atoms with E-state index in [4.69, 9.17) is 10.1 Å². The molecule has 0 saturated carbocycles. The van der Waals surface area contributed by atoms with Crippen molar-refractivity contribution in [1.82, 2.24) is 9.73 Å². The van der Waals surface area contributed by atoms with Crippen LogP contribution in [0.5, 0.6) is 0 Å². The smallest absolute Gasteiger partial charge is 0.230 e. The monoisotopic (exact) mass is 380 g/mol. The number of fused-ring (bicyclic) bond motifs is 3. The van der Waals surface area contributed by atoms with Crippen LogP contribution < -0.4 is 4.72 Å². The summed E-state index contributed by atoms with van der Waals surface area (Å²) < 4.78 is 3.48. The molecule has 142 valence electrons. The molecule has 0 bridgehead atoms. The van der Waals surface area contributed by atoms with Crippen molar-refractivity contribution in [2.24, 2.45) is 27.3 Å². The second-order valence-electron chi connectivity index (χ2n) is 8.32. The average Bonchev–Trinajstić information content (AvgIpc) is 3.08. The fraction of sp³-hybridized carbons (Fsp3) is 0.455. The van der Waals surface area contributed by atoms with Crippen LogP contribution in [0.15, 0.2) is 63.2 Å². The summed E-state index contributed by atoms with van der Waals surface area (Å²) in [7, 11) is 0. The van der Waals surface area contributed by atoms with Crippen molar-refractivity contribution in [1.29, 1.82) is 0 Å². The molecule has 3 unspecified atom stereocenters. The Bertz CT molecular complexity index is 867. The summed E-state index contributed by atoms with van der Waals surface area (Å²) in [6.07, 6.45) is 7.92. The van der Waals surface area contributed by atoms with Gasteiger partial charge in [0, 0.05) is 17.0 Å². The Hall–Kier alpha value is -2.01. The quantitative estimate of drug-likeness (QED) is 0.583. The molecule has 1 aliphatic carbocycles. The lowest BCUT2D eigenvalue weighted by Gasteiger charge is -2.44. The van der Waals surface area contributed by atoms with E-state index in [2.05, 4.69) is 86.8 Å². The first-order valence-electron chi connectivity index (χ1n) is 9.73. The molecule has 4 nitrogen and oxygen atoms in total. The lowest BCUT2D eigenvalue weighted by molar-refractivity contribution is 0.214. The van der Waals surface area contributed by atoms with Crippen LogP contribution in [0.1, 0.15) is 39.7 Å². The van der Waals surface area contributed by atoms with E-state index in [0.29, 0.717) is 11.8 Å². The number of guanidine groups is 1. The van der Waals surface area contributed by atoms with Crippen molar-refractivity contribution in [2.45, 2.75) is 52.0 Å². The molecule has 0 radical (unpaired) electrons. The van der Waals surface area contributed by atoms with Crippen LogP contribution >= 0.6 is 11.9 Å². The molecule has 1 aromatic carbocycles. The average molecular weight is 381 g/mol. The maximum Gasteiger partial charge on any atom is 0.230 e. The van der Waals surface area contributed by atoms with E-state index in [1.54, 1.807) is 11.9 Å². The number of benzene rings is 1. The molecule has 0 amide bonds. The minimum absolute atomic E-state index is 0.0914. The highest BCUT2D eigenvalue weighted by Gasteiger charge is 2.49. The number of nitrogens with one attached hydrogen (secondary N) is 1. The summed E-state index contributed by atoms with van der Waals surface area (Å²) in [4.78, 5) is 6.19. The van der Waals surface area contributed by atoms with Gasteiger partial charge in [-0.15, -0.1) is 0 Å². The molecule has 2 aliphatic heterocycles. The van der Waals surface area contributed by atoms with Crippen LogP contribution in [0, 0.1) is 24.2 Å². The van der Waals surface area contributed by atoms with Gasteiger partial charge in [0.1, 0.15) is 0 Å². The van der Waals surface area contributed by atoms with E-state index in [1.165, 1.54) is 16.2 Å². The van der Waals surface area contributed by atoms with Gasteiger partial charge in [0.25, 0.3) is 0 Å². The number of allylic oxidation sites excluding steroid dienone is 2. The normalized spacial score (nSPS) is 29.1. The van der Waals surface area contributed by atoms with Gasteiger partial charge in [0.15, 0.2) is 0 Å². The summed E-state index contributed by atoms with van der Waals surface area (Å²) in [5, 5.41) is 7.08. The van der Waals surface area contributed by atoms with E-state index >= 15 is 0 Å². The van der Waals surface area contributed by atoms with Gasteiger partial charge in [-0.25, -0.2) is 10.0 Å². The third kappa shape index (κ3) is 3.33. The zero-order valence-electron chi connectivity index (χ0n) is 16.7. The van der Waals surface area contributed by atoms with Crippen molar-refractivity contribution in [3.63, 3.8) is 0 Å². The van der Waals surface area contributed by atoms with Crippen molar-refractivity contribution < 1.29 is 0 Å². The molecule has 2 heterocycles. The first kappa shape index (κ1) is 18.4. The number of hydrazone groups is 1. The second-order valence-corrected chi connectivity index (χ2v) is 9.20. The molecule has 1 aromatic rings. The number of rotatable bonds is 3. The molecular formula is C22H28N4S. The number of hydrogen-bond donors (Lipinski definition) is 1. The third-order valence-corrected chi connectivity index (χ3v) is 6.48. The lowest BCUT2D eigenvalue weighted by atomic mass is 9.72. The van der Waals surface area contributed by atoms with E-state index in [1.807, 2.05) is 0 Å². The van der Waals surface area contributed by atoms with Gasteiger partial charge >= 0.3 is 0 Å². The van der Waals surface area contributed by atoms with Crippen molar-refractivity contribution >= 4 is 23.6 Å². The van der Waals surface area contributed by atoms with Gasteiger partial charge in [-0.05, 0) is 55.3 Å². The maximum absolute atomic E-state index is 5.01. The lowest BCUT2D eigenvalue weighted by Crippen LogP contribution is -2.51. The Kier molecular flexibility index (Phi) is 4.66. The third-order valence-electron chi connectivity index (χ3n) is 5.70. The molecular weight excluding hydrogens is 352 g/mol. The van der Waals surface area contributed by atoms with Crippen LogP contribution in [0.25, 0.3) is 0 Å². The molecule has 27 heavy (non-hydrogen) atoms. The zero-order valence-corrected chi connectivity index (χ0v) is 17.5. The SMILES string of the molecule is Cc1cccc(SNC2=NC3=CC(C)C=CC3(C)C3CC(C(C)C)=NN23)c1. The van der Waals surface area contributed by atoms with Gasteiger partial charge in [-0.2, -0.15) is 5.10 Å². The fourth-order valence-corrected chi connectivity index (χ4v) is 4.66. The van der Waals surface area contributed by atoms with Crippen LogP contribution in [0.2, 0.25) is 0 Å². The Morgan fingerprint density at radius 1 is 1.33 bits per heavy atom. The standard InChI is InChI=1S/C22H28N4S/c1-14(2)18-13-20-22(5)10-9-16(4)12-19(22)23-21(26(20)24-18)25-27-17-8-6-7-15(3)11-17/h6-12,14,16,20H,13H2,1-5H3,(H,23,25). The topological polar surface area (TPSA) is 40.0 Å². The first-order valence-corrected chi connectivity index (χ1v) is 10.5. The molecule has 5 heteroatoms. The van der Waals surface area contributed by atoms with Crippen LogP contribution in [-0.2, 0) is 0 Å². The van der Waals surface area contributed by atoms with E-state index in [0.717, 1.165) is 18.1 Å². The Balaban J connectivity index is 1.66. The van der Waals surface area contributed by atoms with E-state index < -0.39 is 0 Å². The highest BCUT2D eigenvalue weighted by atomic mass is 32.2. The molecule has 1 N–H and O–H groups in total. The maximum atomic E-state index is 5.01. The first-order chi connectivity index (χ1) is 12.9. The molecule has 0 saturated heterocycles. The van der Waals surface area contributed by atoms with Crippen LogP contribution in [0.3, 0.4) is 0 Å². The molecule has 0 fully saturated rings. The van der Waals surface area contributed by atoms with E-state index in [9.17, 15) is 0 Å². The Labute approximate surface area is 166 Å². The molecule has 3 atom stereocenters. The van der Waals surface area contributed by atoms with Gasteiger partial charge < -0.3 is 0 Å². The van der Waals surface area contributed by atoms with Gasteiger partial charge in [-0.1, -0.05) is 51.1 Å². The molecule has 0 spiro atoms. The number of hydrogen-bond acceptors (Lipinski definition) is 5. The Morgan fingerprint density at radius 2 is 2.15 bits per heavy atom. The largest absolute Gasteiger partial charge is 0.294 e. The molecule has 4 rings (SSSR count). The Morgan fingerprint density at radius 3 is 2.89 bits per heavy atom. The minimum atomic E-state index is -0.0914. The summed E-state index contributed by atoms with van der Waals surface area (Å²) in [6.45, 7) is 11.1. The zero-order chi connectivity index (χ0) is 19.2. The summed E-state index contributed by atoms with van der Waals surface area (Å²) >= 11 is 1.60. The van der Waals surface area contributed by atoms with Crippen molar-refractivity contribution in [3.05, 3.63) is 53.8 Å². The second kappa shape index (κ2) is 6.86.